The van der Waals surface area contributed by atoms with Crippen molar-refractivity contribution in [3.63, 3.8) is 0 Å². The Morgan fingerprint density at radius 2 is 1.64 bits per heavy atom. The minimum atomic E-state index is 0.596. The van der Waals surface area contributed by atoms with Gasteiger partial charge in [0.05, 0.1) is 0 Å². The predicted molar refractivity (Wildman–Crippen MR) is 68.4 cm³/mol. The molecule has 1 atom stereocenters. The molecule has 82 valence electrons. The maximum atomic E-state index is 3.82. The average molecular weight is 194 g/mol. The molecule has 0 rings (SSSR count). The van der Waals surface area contributed by atoms with Crippen molar-refractivity contribution in [1.82, 2.24) is 0 Å². The zero-order chi connectivity index (χ0) is 11.6. The van der Waals surface area contributed by atoms with Gasteiger partial charge in [-0.1, -0.05) is 65.5 Å². The monoisotopic (exact) mass is 194 g/mol. The summed E-state index contributed by atoms with van der Waals surface area (Å²) < 4.78 is 0. The molecule has 0 aromatic heterocycles. The largest absolute Gasteiger partial charge is 0.0988 e. The van der Waals surface area contributed by atoms with E-state index in [1.165, 1.54) is 5.57 Å². The molecule has 0 spiro atoms. The van der Waals surface area contributed by atoms with Gasteiger partial charge in [0, 0.05) is 0 Å². The van der Waals surface area contributed by atoms with Crippen LogP contribution in [0.5, 0.6) is 0 Å². The molecule has 14 heavy (non-hydrogen) atoms. The minimum Gasteiger partial charge on any atom is -0.0988 e. The lowest BCUT2D eigenvalue weighted by atomic mass is 9.90. The second-order valence-corrected chi connectivity index (χ2v) is 3.43. The van der Waals surface area contributed by atoms with E-state index in [1.54, 1.807) is 0 Å². The van der Waals surface area contributed by atoms with Crippen LogP contribution >= 0.6 is 0 Å². The van der Waals surface area contributed by atoms with Crippen LogP contribution in [0.15, 0.2) is 36.5 Å². The third-order valence-corrected chi connectivity index (χ3v) is 2.24. The van der Waals surface area contributed by atoms with Crippen LogP contribution in [0.2, 0.25) is 0 Å². The molecule has 0 aliphatic rings. The highest BCUT2D eigenvalue weighted by Crippen LogP contribution is 2.20. The summed E-state index contributed by atoms with van der Waals surface area (Å²) in [5.74, 6) is 1.28. The Bertz CT molecular complexity index is 182. The lowest BCUT2D eigenvalue weighted by Gasteiger charge is -2.16. The second kappa shape index (κ2) is 10.3. The van der Waals surface area contributed by atoms with Gasteiger partial charge in [0.1, 0.15) is 0 Å². The predicted octanol–water partition coefficient (Wildman–Crippen LogP) is 4.99. The van der Waals surface area contributed by atoms with Gasteiger partial charge < -0.3 is 0 Å². The van der Waals surface area contributed by atoms with Gasteiger partial charge in [-0.15, -0.1) is 0 Å². The van der Waals surface area contributed by atoms with Crippen LogP contribution in [0.3, 0.4) is 0 Å². The topological polar surface area (TPSA) is 0 Å². The third-order valence-electron chi connectivity index (χ3n) is 2.24. The van der Waals surface area contributed by atoms with E-state index in [0.717, 1.165) is 0 Å². The van der Waals surface area contributed by atoms with E-state index in [4.69, 9.17) is 0 Å². The highest BCUT2D eigenvalue weighted by atomic mass is 14.1. The third kappa shape index (κ3) is 6.71. The van der Waals surface area contributed by atoms with Gasteiger partial charge in [0.25, 0.3) is 0 Å². The Labute approximate surface area is 90.4 Å². The van der Waals surface area contributed by atoms with Crippen LogP contribution in [0, 0.1) is 11.8 Å². The molecule has 0 radical (unpaired) electrons. The molecule has 0 saturated carbocycles. The first kappa shape index (κ1) is 15.7. The Kier molecular flexibility index (Phi) is 11.5. The number of rotatable bonds is 4. The van der Waals surface area contributed by atoms with Crippen molar-refractivity contribution in [3.8, 4) is 0 Å². The van der Waals surface area contributed by atoms with Gasteiger partial charge in [-0.2, -0.15) is 0 Å². The summed E-state index contributed by atoms with van der Waals surface area (Å²) in [7, 11) is 0. The molecular weight excluding hydrogens is 168 g/mol. The van der Waals surface area contributed by atoms with E-state index in [1.807, 2.05) is 32.9 Å². The molecule has 0 aromatic carbocycles. The van der Waals surface area contributed by atoms with Crippen molar-refractivity contribution >= 4 is 0 Å². The van der Waals surface area contributed by atoms with E-state index in [2.05, 4.69) is 39.5 Å². The maximum absolute atomic E-state index is 3.82. The quantitative estimate of drug-likeness (QED) is 0.553. The van der Waals surface area contributed by atoms with Crippen molar-refractivity contribution in [2.24, 2.45) is 11.8 Å². The summed E-state index contributed by atoms with van der Waals surface area (Å²) in [6, 6.07) is 0. The highest BCUT2D eigenvalue weighted by Gasteiger charge is 2.08. The molecule has 0 heteroatoms. The SMILES string of the molecule is C=C/C(=C\C=C/C)C(C)C(C)C.CC. The first-order chi connectivity index (χ1) is 6.63. The molecule has 0 amide bonds. The standard InChI is InChI=1S/C12H20.C2H6/c1-6-8-9-12(7-2)11(5)10(3)4;1-2/h6-11H,2H2,1,3-5H3;1-2H3/b8-6-,12-9+;. The number of allylic oxidation sites excluding steroid dienone is 5. The smallest absolute Gasteiger partial charge is 0.0167 e. The molecule has 0 heterocycles. The van der Waals surface area contributed by atoms with Gasteiger partial charge in [0.2, 0.25) is 0 Å². The highest BCUT2D eigenvalue weighted by molar-refractivity contribution is 5.24. The Hall–Kier alpha value is -0.780. The molecule has 0 bridgehead atoms. The summed E-state index contributed by atoms with van der Waals surface area (Å²) in [5, 5.41) is 0. The van der Waals surface area contributed by atoms with Gasteiger partial charge >= 0.3 is 0 Å². The van der Waals surface area contributed by atoms with E-state index >= 15 is 0 Å². The van der Waals surface area contributed by atoms with Crippen molar-refractivity contribution in [2.45, 2.75) is 41.5 Å². The molecular formula is C14H26. The molecule has 0 aliphatic heterocycles. The summed E-state index contributed by atoms with van der Waals surface area (Å²) in [4.78, 5) is 0. The first-order valence-corrected chi connectivity index (χ1v) is 5.58. The molecule has 0 nitrogen and oxygen atoms in total. The molecule has 0 fully saturated rings. The van der Waals surface area contributed by atoms with Crippen LogP contribution < -0.4 is 0 Å². The fourth-order valence-corrected chi connectivity index (χ4v) is 0.998. The minimum absolute atomic E-state index is 0.596. The lowest BCUT2D eigenvalue weighted by Crippen LogP contribution is -2.05. The fraction of sp³-hybridized carbons (Fsp3) is 0.571. The molecule has 0 N–H and O–H groups in total. The van der Waals surface area contributed by atoms with Crippen LogP contribution in [0.4, 0.5) is 0 Å². The zero-order valence-electron chi connectivity index (χ0n) is 10.7. The number of hydrogen-bond donors (Lipinski definition) is 0. The van der Waals surface area contributed by atoms with E-state index in [0.29, 0.717) is 11.8 Å². The fourth-order valence-electron chi connectivity index (χ4n) is 0.998. The lowest BCUT2D eigenvalue weighted by molar-refractivity contribution is 0.488. The Morgan fingerprint density at radius 3 is 1.93 bits per heavy atom. The van der Waals surface area contributed by atoms with Gasteiger partial charge in [-0.3, -0.25) is 0 Å². The molecule has 0 saturated heterocycles. The maximum Gasteiger partial charge on any atom is -0.0167 e. The van der Waals surface area contributed by atoms with Crippen molar-refractivity contribution in [3.05, 3.63) is 36.5 Å². The average Bonchev–Trinajstić information content (AvgIpc) is 2.21. The zero-order valence-corrected chi connectivity index (χ0v) is 10.7. The van der Waals surface area contributed by atoms with Crippen LogP contribution in [0.1, 0.15) is 41.5 Å². The van der Waals surface area contributed by atoms with Crippen LogP contribution in [-0.4, -0.2) is 0 Å². The van der Waals surface area contributed by atoms with Crippen LogP contribution in [0.25, 0.3) is 0 Å². The normalized spacial score (nSPS) is 13.8. The van der Waals surface area contributed by atoms with Crippen molar-refractivity contribution in [2.75, 3.05) is 0 Å². The Morgan fingerprint density at radius 1 is 1.14 bits per heavy atom. The van der Waals surface area contributed by atoms with E-state index < -0.39 is 0 Å². The molecule has 1 unspecified atom stereocenters. The van der Waals surface area contributed by atoms with E-state index in [-0.39, 0.29) is 0 Å². The Balaban J connectivity index is 0. The molecule has 0 aromatic rings. The van der Waals surface area contributed by atoms with Crippen molar-refractivity contribution in [1.29, 1.82) is 0 Å². The number of hydrogen-bond acceptors (Lipinski definition) is 0. The van der Waals surface area contributed by atoms with Gasteiger partial charge in [-0.25, -0.2) is 0 Å². The molecule has 0 aliphatic carbocycles. The summed E-state index contributed by atoms with van der Waals surface area (Å²) in [5.41, 5.74) is 1.32. The van der Waals surface area contributed by atoms with Gasteiger partial charge in [-0.05, 0) is 24.3 Å². The van der Waals surface area contributed by atoms with Crippen LogP contribution in [-0.2, 0) is 0 Å². The van der Waals surface area contributed by atoms with E-state index in [9.17, 15) is 0 Å². The summed E-state index contributed by atoms with van der Waals surface area (Å²) >= 11 is 0. The van der Waals surface area contributed by atoms with Gasteiger partial charge in [0.15, 0.2) is 0 Å². The summed E-state index contributed by atoms with van der Waals surface area (Å²) in [6.45, 7) is 16.5. The summed E-state index contributed by atoms with van der Waals surface area (Å²) in [6.07, 6.45) is 8.19. The second-order valence-electron chi connectivity index (χ2n) is 3.43. The van der Waals surface area contributed by atoms with Crippen molar-refractivity contribution < 1.29 is 0 Å². The first-order valence-electron chi connectivity index (χ1n) is 5.58.